The highest BCUT2D eigenvalue weighted by molar-refractivity contribution is 5.91. The molecule has 3 atom stereocenters. The minimum absolute atomic E-state index is 0.0513. The van der Waals surface area contributed by atoms with Crippen molar-refractivity contribution in [3.8, 4) is 0 Å². The molecule has 2 saturated heterocycles. The van der Waals surface area contributed by atoms with E-state index in [1.165, 1.54) is 58.0 Å². The third kappa shape index (κ3) is 5.68. The second kappa shape index (κ2) is 11.8. The van der Waals surface area contributed by atoms with Gasteiger partial charge >= 0.3 is 0 Å². The maximum Gasteiger partial charge on any atom is 0.288 e. The maximum atomic E-state index is 13.5. The Hall–Kier alpha value is -1.11. The number of carbonyl (C=O) groups is 1. The molecule has 182 valence electrons. The van der Waals surface area contributed by atoms with Crippen LogP contribution in [0, 0.1) is 17.8 Å². The molecule has 0 aromatic heterocycles. The van der Waals surface area contributed by atoms with Crippen LogP contribution in [0.2, 0.25) is 0 Å². The number of rotatable bonds is 8. The third-order valence-corrected chi connectivity index (χ3v) is 8.27. The van der Waals surface area contributed by atoms with Crippen LogP contribution in [0.3, 0.4) is 0 Å². The summed E-state index contributed by atoms with van der Waals surface area (Å²) in [6.07, 6.45) is 14.5. The van der Waals surface area contributed by atoms with Gasteiger partial charge in [-0.1, -0.05) is 19.3 Å². The van der Waals surface area contributed by atoms with Crippen molar-refractivity contribution in [2.24, 2.45) is 17.8 Å². The molecule has 0 unspecified atom stereocenters. The number of hydrogen-bond acceptors (Lipinski definition) is 5. The van der Waals surface area contributed by atoms with Crippen LogP contribution in [-0.2, 0) is 14.3 Å². The molecule has 4 aliphatic rings. The summed E-state index contributed by atoms with van der Waals surface area (Å²) in [6.45, 7) is 6.84. The van der Waals surface area contributed by atoms with Crippen molar-refractivity contribution >= 4 is 5.91 Å². The Bertz CT molecular complexity index is 619. The Morgan fingerprint density at radius 2 is 1.78 bits per heavy atom. The van der Waals surface area contributed by atoms with Crippen LogP contribution >= 0.6 is 0 Å². The number of nitrogens with zero attached hydrogens (tertiary/aromatic N) is 2. The number of allylic oxidation sites excluding steroid dienone is 1. The van der Waals surface area contributed by atoms with Gasteiger partial charge in [-0.3, -0.25) is 4.79 Å². The molecule has 1 N–H and O–H groups in total. The first-order valence-electron chi connectivity index (χ1n) is 13.4. The smallest absolute Gasteiger partial charge is 0.288 e. The van der Waals surface area contributed by atoms with Gasteiger partial charge in [0.15, 0.2) is 5.76 Å². The van der Waals surface area contributed by atoms with E-state index in [2.05, 4.69) is 11.0 Å². The third-order valence-electron chi connectivity index (χ3n) is 8.27. The Labute approximate surface area is 194 Å². The van der Waals surface area contributed by atoms with Crippen LogP contribution in [0.1, 0.15) is 77.6 Å². The summed E-state index contributed by atoms with van der Waals surface area (Å²) in [5, 5.41) is 9.43. The highest BCUT2D eigenvalue weighted by Crippen LogP contribution is 2.43. The monoisotopic (exact) mass is 448 g/mol. The summed E-state index contributed by atoms with van der Waals surface area (Å²) < 4.78 is 12.3. The Morgan fingerprint density at radius 1 is 1.06 bits per heavy atom. The second-order valence-electron chi connectivity index (χ2n) is 10.2. The van der Waals surface area contributed by atoms with Gasteiger partial charge in [0.1, 0.15) is 0 Å². The van der Waals surface area contributed by atoms with Crippen molar-refractivity contribution in [3.63, 3.8) is 0 Å². The lowest BCUT2D eigenvalue weighted by Crippen LogP contribution is -2.49. The molecule has 3 aliphatic heterocycles. The number of likely N-dealkylation sites (tertiary alicyclic amines) is 2. The average Bonchev–Trinajstić information content (AvgIpc) is 3.38. The van der Waals surface area contributed by atoms with Crippen molar-refractivity contribution in [2.75, 3.05) is 39.4 Å². The van der Waals surface area contributed by atoms with Crippen LogP contribution in [0.25, 0.3) is 0 Å². The molecule has 1 aliphatic carbocycles. The van der Waals surface area contributed by atoms with E-state index in [1.807, 2.05) is 11.8 Å². The van der Waals surface area contributed by atoms with E-state index in [4.69, 9.17) is 9.47 Å². The molecule has 4 rings (SSSR count). The molecular weight excluding hydrogens is 404 g/mol. The zero-order valence-electron chi connectivity index (χ0n) is 20.1. The first kappa shape index (κ1) is 24.0. The first-order chi connectivity index (χ1) is 15.7. The average molecular weight is 449 g/mol. The number of aliphatic hydroxyl groups excluding tert-OH is 1. The standard InChI is InChI=1S/C26H44N2O4/c1-2-31-26-22(11-8-18-29)23(20-9-4-5-10-20)19-24(32-26)25(30)28-16-12-21(13-17-28)27-14-6-3-7-15-27/h19-23,26,29H,2-18H2,1H3/t22-,23+,26+/m1/s1. The minimum Gasteiger partial charge on any atom is -0.459 e. The Morgan fingerprint density at radius 3 is 2.44 bits per heavy atom. The number of piperidine rings is 2. The topological polar surface area (TPSA) is 62.2 Å². The molecule has 1 saturated carbocycles. The lowest BCUT2D eigenvalue weighted by Gasteiger charge is -2.42. The number of ether oxygens (including phenoxy) is 2. The maximum absolute atomic E-state index is 13.5. The first-order valence-corrected chi connectivity index (χ1v) is 13.4. The summed E-state index contributed by atoms with van der Waals surface area (Å²) in [5.41, 5.74) is 0. The van der Waals surface area contributed by atoms with Crippen molar-refractivity contribution < 1.29 is 19.4 Å². The number of aliphatic hydroxyl groups is 1. The molecule has 3 fully saturated rings. The van der Waals surface area contributed by atoms with E-state index in [0.29, 0.717) is 30.2 Å². The van der Waals surface area contributed by atoms with E-state index in [0.717, 1.165) is 38.8 Å². The predicted molar refractivity (Wildman–Crippen MR) is 125 cm³/mol. The molecule has 3 heterocycles. The van der Waals surface area contributed by atoms with Crippen molar-refractivity contribution in [3.05, 3.63) is 11.8 Å². The van der Waals surface area contributed by atoms with Gasteiger partial charge in [0.2, 0.25) is 6.29 Å². The fourth-order valence-corrected chi connectivity index (χ4v) is 6.53. The van der Waals surface area contributed by atoms with Crippen LogP contribution in [0.4, 0.5) is 0 Å². The summed E-state index contributed by atoms with van der Waals surface area (Å²) in [5.74, 6) is 1.68. The molecule has 1 amide bonds. The summed E-state index contributed by atoms with van der Waals surface area (Å²) in [6, 6.07) is 0.630. The fourth-order valence-electron chi connectivity index (χ4n) is 6.53. The molecule has 6 heteroatoms. The van der Waals surface area contributed by atoms with Crippen molar-refractivity contribution in [1.82, 2.24) is 9.80 Å². The van der Waals surface area contributed by atoms with Crippen LogP contribution in [0.5, 0.6) is 0 Å². The van der Waals surface area contributed by atoms with E-state index < -0.39 is 0 Å². The van der Waals surface area contributed by atoms with Gasteiger partial charge in [-0.05, 0) is 89.3 Å². The summed E-state index contributed by atoms with van der Waals surface area (Å²) in [7, 11) is 0. The van der Waals surface area contributed by atoms with Gasteiger partial charge in [-0.25, -0.2) is 0 Å². The van der Waals surface area contributed by atoms with Gasteiger partial charge in [0.05, 0.1) is 0 Å². The molecule has 0 spiro atoms. The van der Waals surface area contributed by atoms with Gasteiger partial charge in [0.25, 0.3) is 5.91 Å². The largest absolute Gasteiger partial charge is 0.459 e. The zero-order valence-corrected chi connectivity index (χ0v) is 20.1. The van der Waals surface area contributed by atoms with E-state index in [-0.39, 0.29) is 24.7 Å². The predicted octanol–water partition coefficient (Wildman–Crippen LogP) is 3.94. The van der Waals surface area contributed by atoms with E-state index in [1.54, 1.807) is 0 Å². The quantitative estimate of drug-likeness (QED) is 0.610. The van der Waals surface area contributed by atoms with Gasteiger partial charge in [-0.15, -0.1) is 0 Å². The number of amides is 1. The van der Waals surface area contributed by atoms with Gasteiger partial charge in [-0.2, -0.15) is 0 Å². The molecule has 0 radical (unpaired) electrons. The van der Waals surface area contributed by atoms with Crippen LogP contribution in [-0.4, -0.2) is 72.5 Å². The van der Waals surface area contributed by atoms with Crippen LogP contribution in [0.15, 0.2) is 11.8 Å². The molecule has 32 heavy (non-hydrogen) atoms. The minimum atomic E-state index is -0.382. The fraction of sp³-hybridized carbons (Fsp3) is 0.885. The van der Waals surface area contributed by atoms with E-state index in [9.17, 15) is 9.90 Å². The molecule has 0 aromatic rings. The highest BCUT2D eigenvalue weighted by atomic mass is 16.7. The Kier molecular flexibility index (Phi) is 8.90. The summed E-state index contributed by atoms with van der Waals surface area (Å²) in [4.78, 5) is 18.1. The van der Waals surface area contributed by atoms with E-state index >= 15 is 0 Å². The SMILES string of the molecule is CCO[C@H]1OC(C(=O)N2CCC(N3CCCCC3)CC2)=C[C@@H](C2CCCC2)[C@H]1CCCO. The Balaban J connectivity index is 1.44. The summed E-state index contributed by atoms with van der Waals surface area (Å²) >= 11 is 0. The normalized spacial score (nSPS) is 30.9. The lowest BCUT2D eigenvalue weighted by atomic mass is 9.76. The molecule has 0 aromatic carbocycles. The van der Waals surface area contributed by atoms with Gasteiger partial charge in [0, 0.05) is 38.3 Å². The van der Waals surface area contributed by atoms with Gasteiger partial charge < -0.3 is 24.4 Å². The molecule has 6 nitrogen and oxygen atoms in total. The molecular formula is C26H44N2O4. The van der Waals surface area contributed by atoms with Crippen molar-refractivity contribution in [2.45, 2.75) is 89.9 Å². The molecule has 0 bridgehead atoms. The number of carbonyl (C=O) groups excluding carboxylic acids is 1. The lowest BCUT2D eigenvalue weighted by molar-refractivity contribution is -0.179. The van der Waals surface area contributed by atoms with Crippen LogP contribution < -0.4 is 0 Å². The second-order valence-corrected chi connectivity index (χ2v) is 10.2. The van der Waals surface area contributed by atoms with Crippen molar-refractivity contribution in [1.29, 1.82) is 0 Å². The zero-order chi connectivity index (χ0) is 22.3. The number of hydrogen-bond donors (Lipinski definition) is 1. The highest BCUT2D eigenvalue weighted by Gasteiger charge is 2.42.